The molecule has 0 saturated carbocycles. The Hall–Kier alpha value is -2.89. The minimum absolute atomic E-state index is 0.171. The van der Waals surface area contributed by atoms with E-state index in [1.54, 1.807) is 11.0 Å². The van der Waals surface area contributed by atoms with Crippen LogP contribution in [0.3, 0.4) is 0 Å². The van der Waals surface area contributed by atoms with E-state index in [0.29, 0.717) is 22.3 Å². The van der Waals surface area contributed by atoms with E-state index in [0.717, 1.165) is 0 Å². The Bertz CT molecular complexity index is 977. The first-order chi connectivity index (χ1) is 14.0. The van der Waals surface area contributed by atoms with Gasteiger partial charge in [0.15, 0.2) is 0 Å². The number of rotatable bonds is 3. The van der Waals surface area contributed by atoms with Crippen LogP contribution in [-0.4, -0.2) is 41.2 Å². The Balaban J connectivity index is 1.93. The third kappa shape index (κ3) is 4.99. The van der Waals surface area contributed by atoms with Gasteiger partial charge in [0.05, 0.1) is 17.2 Å². The average Bonchev–Trinajstić information content (AvgIpc) is 2.64. The van der Waals surface area contributed by atoms with Crippen molar-refractivity contribution in [2.75, 3.05) is 18.0 Å². The molecule has 160 valence electrons. The molecule has 0 bridgehead atoms. The minimum atomic E-state index is -4.39. The standard InChI is InChI=1S/C21H24F3N5O/c1-20(2,3)9-17(30)28-15-8-14(21(22,23)24)11-29(12-15)16-5-4-13(10-25)18-19(16)27-7-6-26-18/h4-7,14-15H,8-9,11-12H2,1-3H3,(H,28,30). The van der Waals surface area contributed by atoms with Crippen molar-refractivity contribution in [1.82, 2.24) is 15.3 Å². The Morgan fingerprint density at radius 2 is 1.87 bits per heavy atom. The molecule has 1 aromatic heterocycles. The van der Waals surface area contributed by atoms with Gasteiger partial charge in [-0.25, -0.2) is 0 Å². The fourth-order valence-electron chi connectivity index (χ4n) is 3.79. The van der Waals surface area contributed by atoms with Gasteiger partial charge in [-0.2, -0.15) is 18.4 Å². The van der Waals surface area contributed by atoms with Crippen molar-refractivity contribution in [2.45, 2.75) is 45.8 Å². The number of amides is 1. The summed E-state index contributed by atoms with van der Waals surface area (Å²) in [6.45, 7) is 5.69. The maximum atomic E-state index is 13.6. The van der Waals surface area contributed by atoms with Crippen molar-refractivity contribution >= 4 is 22.6 Å². The second-order valence-corrected chi connectivity index (χ2v) is 8.88. The normalized spacial score (nSPS) is 20.1. The number of alkyl halides is 3. The molecule has 1 saturated heterocycles. The minimum Gasteiger partial charge on any atom is -0.367 e. The van der Waals surface area contributed by atoms with Gasteiger partial charge in [-0.05, 0) is 24.0 Å². The highest BCUT2D eigenvalue weighted by molar-refractivity contribution is 5.92. The fourth-order valence-corrected chi connectivity index (χ4v) is 3.79. The SMILES string of the molecule is CC(C)(C)CC(=O)NC1CC(C(F)(F)F)CN(c2ccc(C#N)c3nccnc23)C1. The average molecular weight is 419 g/mol. The third-order valence-corrected chi connectivity index (χ3v) is 5.03. The van der Waals surface area contributed by atoms with Crippen LogP contribution in [0.1, 0.15) is 39.2 Å². The predicted molar refractivity (Wildman–Crippen MR) is 107 cm³/mol. The van der Waals surface area contributed by atoms with E-state index in [2.05, 4.69) is 15.3 Å². The number of carbonyl (C=O) groups excluding carboxylic acids is 1. The van der Waals surface area contributed by atoms with Crippen LogP contribution in [0.5, 0.6) is 0 Å². The summed E-state index contributed by atoms with van der Waals surface area (Å²) in [6, 6.07) is 4.52. The smallest absolute Gasteiger partial charge is 0.367 e. The molecule has 2 unspecified atom stereocenters. The van der Waals surface area contributed by atoms with Crippen LogP contribution in [0.2, 0.25) is 0 Å². The molecule has 30 heavy (non-hydrogen) atoms. The lowest BCUT2D eigenvalue weighted by Crippen LogP contribution is -2.54. The van der Waals surface area contributed by atoms with Gasteiger partial charge in [-0.15, -0.1) is 0 Å². The number of halogens is 3. The molecule has 1 aromatic carbocycles. The molecule has 2 heterocycles. The van der Waals surface area contributed by atoms with Crippen molar-refractivity contribution in [3.63, 3.8) is 0 Å². The Morgan fingerprint density at radius 3 is 2.47 bits per heavy atom. The van der Waals surface area contributed by atoms with Crippen LogP contribution in [-0.2, 0) is 4.79 Å². The molecule has 1 aliphatic rings. The van der Waals surface area contributed by atoms with Crippen LogP contribution in [0, 0.1) is 22.7 Å². The zero-order valence-corrected chi connectivity index (χ0v) is 17.1. The summed E-state index contributed by atoms with van der Waals surface area (Å²) in [5.74, 6) is -1.85. The molecule has 1 aliphatic heterocycles. The summed E-state index contributed by atoms with van der Waals surface area (Å²) in [7, 11) is 0. The van der Waals surface area contributed by atoms with Crippen LogP contribution < -0.4 is 10.2 Å². The number of carbonyl (C=O) groups is 1. The second-order valence-electron chi connectivity index (χ2n) is 8.88. The predicted octanol–water partition coefficient (Wildman–Crippen LogP) is 3.81. The monoisotopic (exact) mass is 419 g/mol. The highest BCUT2D eigenvalue weighted by Gasteiger charge is 2.45. The molecule has 2 aromatic rings. The van der Waals surface area contributed by atoms with E-state index < -0.39 is 18.1 Å². The molecule has 0 spiro atoms. The molecule has 1 N–H and O–H groups in total. The Kier molecular flexibility index (Phi) is 5.88. The van der Waals surface area contributed by atoms with Crippen LogP contribution in [0.25, 0.3) is 11.0 Å². The molecular formula is C21H24F3N5O. The number of nitrogens with one attached hydrogen (secondary N) is 1. The molecule has 0 aliphatic carbocycles. The summed E-state index contributed by atoms with van der Waals surface area (Å²) in [6.07, 6.45) is -1.45. The second kappa shape index (κ2) is 8.09. The van der Waals surface area contributed by atoms with Gasteiger partial charge in [0, 0.05) is 37.9 Å². The van der Waals surface area contributed by atoms with E-state index >= 15 is 0 Å². The number of anilines is 1. The van der Waals surface area contributed by atoms with Crippen molar-refractivity contribution in [3.05, 3.63) is 30.1 Å². The van der Waals surface area contributed by atoms with E-state index in [4.69, 9.17) is 0 Å². The summed E-state index contributed by atoms with van der Waals surface area (Å²) in [4.78, 5) is 22.4. The zero-order chi connectivity index (χ0) is 22.1. The lowest BCUT2D eigenvalue weighted by molar-refractivity contribution is -0.178. The van der Waals surface area contributed by atoms with Gasteiger partial charge in [0.25, 0.3) is 0 Å². The van der Waals surface area contributed by atoms with Crippen molar-refractivity contribution in [3.8, 4) is 6.07 Å². The van der Waals surface area contributed by atoms with Crippen LogP contribution >= 0.6 is 0 Å². The first-order valence-corrected chi connectivity index (χ1v) is 9.73. The van der Waals surface area contributed by atoms with Gasteiger partial charge in [-0.1, -0.05) is 20.8 Å². The summed E-state index contributed by atoms with van der Waals surface area (Å²) >= 11 is 0. The highest BCUT2D eigenvalue weighted by atomic mass is 19.4. The van der Waals surface area contributed by atoms with Gasteiger partial charge < -0.3 is 10.2 Å². The molecule has 2 atom stereocenters. The Labute approximate surface area is 173 Å². The van der Waals surface area contributed by atoms with E-state index in [1.807, 2.05) is 26.8 Å². The number of benzene rings is 1. The number of nitriles is 1. The molecule has 6 nitrogen and oxygen atoms in total. The Morgan fingerprint density at radius 1 is 1.20 bits per heavy atom. The highest BCUT2D eigenvalue weighted by Crippen LogP contribution is 2.37. The molecular weight excluding hydrogens is 395 g/mol. The molecule has 9 heteroatoms. The van der Waals surface area contributed by atoms with E-state index in [9.17, 15) is 23.2 Å². The van der Waals surface area contributed by atoms with Crippen LogP contribution in [0.4, 0.5) is 18.9 Å². The number of hydrogen-bond acceptors (Lipinski definition) is 5. The lowest BCUT2D eigenvalue weighted by Gasteiger charge is -2.40. The molecule has 0 radical (unpaired) electrons. The topological polar surface area (TPSA) is 81.9 Å². The first kappa shape index (κ1) is 21.8. The summed E-state index contributed by atoms with van der Waals surface area (Å²) in [5, 5.41) is 12.1. The van der Waals surface area contributed by atoms with Gasteiger partial charge in [0.2, 0.25) is 5.91 Å². The largest absolute Gasteiger partial charge is 0.393 e. The number of aromatic nitrogens is 2. The fraction of sp³-hybridized carbons (Fsp3) is 0.524. The third-order valence-electron chi connectivity index (χ3n) is 5.03. The first-order valence-electron chi connectivity index (χ1n) is 9.73. The summed E-state index contributed by atoms with van der Waals surface area (Å²) in [5.41, 5.74) is 1.24. The molecule has 1 fully saturated rings. The van der Waals surface area contributed by atoms with E-state index in [-0.39, 0.29) is 37.3 Å². The quantitative estimate of drug-likeness (QED) is 0.818. The zero-order valence-electron chi connectivity index (χ0n) is 17.1. The number of hydrogen-bond donors (Lipinski definition) is 1. The van der Waals surface area contributed by atoms with Gasteiger partial charge >= 0.3 is 6.18 Å². The van der Waals surface area contributed by atoms with E-state index in [1.165, 1.54) is 18.5 Å². The van der Waals surface area contributed by atoms with Crippen molar-refractivity contribution in [2.24, 2.45) is 11.3 Å². The lowest BCUT2D eigenvalue weighted by atomic mass is 9.90. The van der Waals surface area contributed by atoms with Crippen molar-refractivity contribution < 1.29 is 18.0 Å². The number of fused-ring (bicyclic) bond motifs is 1. The summed E-state index contributed by atoms with van der Waals surface area (Å²) < 4.78 is 40.9. The maximum absolute atomic E-state index is 13.6. The van der Waals surface area contributed by atoms with Crippen molar-refractivity contribution in [1.29, 1.82) is 5.26 Å². The maximum Gasteiger partial charge on any atom is 0.393 e. The van der Waals surface area contributed by atoms with Crippen LogP contribution in [0.15, 0.2) is 24.5 Å². The number of piperidine rings is 1. The number of nitrogens with zero attached hydrogens (tertiary/aromatic N) is 4. The van der Waals surface area contributed by atoms with Gasteiger partial charge in [0.1, 0.15) is 17.1 Å². The molecule has 1 amide bonds. The van der Waals surface area contributed by atoms with Gasteiger partial charge in [-0.3, -0.25) is 14.8 Å². The molecule has 3 rings (SSSR count).